The monoisotopic (exact) mass is 2150 g/mol. The van der Waals surface area contributed by atoms with Gasteiger partial charge >= 0.3 is 0 Å². The molecule has 1 saturated heterocycles. The molecule has 0 bridgehead atoms. The van der Waals surface area contributed by atoms with E-state index in [9.17, 15) is 95.6 Å². The van der Waals surface area contributed by atoms with Crippen LogP contribution in [0.25, 0.3) is 0 Å². The topological polar surface area (TPSA) is 636 Å². The van der Waals surface area contributed by atoms with Gasteiger partial charge in [0.15, 0.2) is 62.8 Å². The Balaban J connectivity index is 0.000000166. The van der Waals surface area contributed by atoms with Gasteiger partial charge in [-0.25, -0.2) is 51.5 Å². The van der Waals surface area contributed by atoms with E-state index in [1.165, 1.54) is 113 Å². The largest absolute Gasteiger partial charge is 0.488 e. The lowest BCUT2D eigenvalue weighted by Crippen LogP contribution is -2.48. The predicted molar refractivity (Wildman–Crippen MR) is 537 cm³/mol. The Hall–Kier alpha value is -16.3. The number of nitriles is 5. The van der Waals surface area contributed by atoms with Crippen LogP contribution in [0.5, 0.6) is 28.7 Å². The third-order valence-electron chi connectivity index (χ3n) is 22.9. The maximum absolute atomic E-state index is 13.0. The third kappa shape index (κ3) is 26.3. The van der Waals surface area contributed by atoms with E-state index in [2.05, 4.69) is 111 Å². The molecule has 10 aromatic rings. The fourth-order valence-electron chi connectivity index (χ4n) is 15.1. The number of fused-ring (bicyclic) bond motifs is 5. The number of halogens is 2. The molecule has 6 aliphatic heterocycles. The molecule has 0 saturated carbocycles. The van der Waals surface area contributed by atoms with Crippen molar-refractivity contribution in [3.63, 3.8) is 0 Å². The van der Waals surface area contributed by atoms with E-state index in [1.807, 2.05) is 12.1 Å². The number of benzene rings is 5. The van der Waals surface area contributed by atoms with E-state index >= 15 is 0 Å². The summed E-state index contributed by atoms with van der Waals surface area (Å²) in [7, 11) is -12.5. The highest BCUT2D eigenvalue weighted by molar-refractivity contribution is 7.90. The van der Waals surface area contributed by atoms with Crippen LogP contribution in [0.1, 0.15) is 135 Å². The lowest BCUT2D eigenvalue weighted by molar-refractivity contribution is -0.140. The van der Waals surface area contributed by atoms with Crippen LogP contribution in [-0.2, 0) is 90.1 Å². The normalized spacial score (nSPS) is 18.4. The molecule has 11 heterocycles. The summed E-state index contributed by atoms with van der Waals surface area (Å²) in [5, 5.41) is 87.7. The molecule has 5 unspecified atom stereocenters. The van der Waals surface area contributed by atoms with Gasteiger partial charge in [-0.3, -0.25) is 24.0 Å². The number of ether oxygens (including phenoxy) is 6. The molecule has 782 valence electrons. The summed E-state index contributed by atoms with van der Waals surface area (Å²) < 4.78 is 204. The fourth-order valence-corrected chi connectivity index (χ4v) is 22.1. The van der Waals surface area contributed by atoms with Crippen molar-refractivity contribution in [3.05, 3.63) is 231 Å². The number of nitrogens with zero attached hydrogens (tertiary/aromatic N) is 10. The standard InChI is InChI=1S/C22H22N4O6S.C21H22N4O5S.C19H18N4O5S.C19H20N4O4S.C18H16F2N4O4S/c1-14-5-6-16(8-15(14)9-23)24-21(27)19-20-18(10-26(19)2)33(29,30)25-17(11-32-20)4-3-7-22(28)12-31-13-22;1-13-5-6-15(9-14(13)10-22)23-20(26)18-19-17(11-25(18)4)31(28,29)24-16(12-30-19)7-8-21(2,3)27;1-12-5-6-14(8-13(12)9-20)21-19(25)17-18-16(10-23(17)2)29(26,27)22-15(11-28-18)4-3-7-24;1-5-19(3)11-27-17-15(28(25,26)22-19)10-23(4)16(17)18(24)21-14-7-6-12(2)13(8-14)9-20;1-10-3-4-12(5-11(10)7-21)22-18(25)16-17-14(8-24(16)2)29(26,27)23-13(9-28-17)6-15(19)20/h5-6,8,10,17,25,28H,4,11-13H2,1-2H3,(H,24,27);5-6,9,11,16,24,27H,12H2,1-4H3,(H,23,26);5-6,8,10,15,22,24H,7,11H2,1-2H3,(H,21,25);5-8,10,22H,1,11H2,2-4H3,(H,21,24);3-6,8,13,23H,9H2,1-2H3,(H,22,25). The first-order chi connectivity index (χ1) is 70.5. The first-order valence-electron chi connectivity index (χ1n) is 44.7. The second-order valence-corrected chi connectivity index (χ2v) is 43.7. The van der Waals surface area contributed by atoms with Crippen molar-refractivity contribution in [2.24, 2.45) is 35.2 Å². The number of sulfonamides is 5. The minimum absolute atomic E-state index is 0.00977. The van der Waals surface area contributed by atoms with Gasteiger partial charge in [0.05, 0.1) is 89.0 Å². The summed E-state index contributed by atoms with van der Waals surface area (Å²) in [5.41, 5.74) is 4.38. The fraction of sp³-hybridized carbons (Fsp3) is 0.293. The molecule has 5 amide bonds. The maximum atomic E-state index is 13.0. The van der Waals surface area contributed by atoms with Crippen molar-refractivity contribution in [3.8, 4) is 94.6 Å². The summed E-state index contributed by atoms with van der Waals surface area (Å²) in [6.07, 6.45) is 6.31. The van der Waals surface area contributed by atoms with Gasteiger partial charge in [0.1, 0.15) is 81.8 Å². The van der Waals surface area contributed by atoms with Gasteiger partial charge in [-0.1, -0.05) is 71.9 Å². The van der Waals surface area contributed by atoms with Gasteiger partial charge in [0, 0.05) is 107 Å². The number of aromatic nitrogens is 5. The average Bonchev–Trinajstić information content (AvgIpc) is 1.64. The zero-order valence-corrected chi connectivity index (χ0v) is 86.3. The molecule has 0 radical (unpaired) electrons. The second-order valence-electron chi connectivity index (χ2n) is 35.3. The smallest absolute Gasteiger partial charge is 0.276 e. The number of aryl methyl sites for hydroxylation is 10. The van der Waals surface area contributed by atoms with E-state index in [1.54, 1.807) is 128 Å². The minimum Gasteiger partial charge on any atom is -0.488 e. The Labute approximate surface area is 861 Å². The zero-order chi connectivity index (χ0) is 110. The summed E-state index contributed by atoms with van der Waals surface area (Å²) in [6.45, 7) is 16.2. The first kappa shape index (κ1) is 112. The van der Waals surface area contributed by atoms with Crippen LogP contribution in [-0.4, -0.2) is 204 Å². The van der Waals surface area contributed by atoms with Crippen molar-refractivity contribution >= 4 is 108 Å². The molecule has 44 nitrogen and oxygen atoms in total. The molecular weight excluding hydrogens is 2050 g/mol. The molecule has 16 rings (SSSR count). The molecule has 1 fully saturated rings. The lowest BCUT2D eigenvalue weighted by Gasteiger charge is -2.31. The summed E-state index contributed by atoms with van der Waals surface area (Å²) >= 11 is 0. The van der Waals surface area contributed by atoms with Crippen LogP contribution < -0.4 is 73.9 Å². The van der Waals surface area contributed by atoms with E-state index < -0.39 is 140 Å². The average molecular weight is 2150 g/mol. The van der Waals surface area contributed by atoms with Crippen LogP contribution in [0.4, 0.5) is 37.2 Å². The van der Waals surface area contributed by atoms with Crippen molar-refractivity contribution in [1.82, 2.24) is 46.4 Å². The van der Waals surface area contributed by atoms with Crippen molar-refractivity contribution in [2.75, 3.05) is 79.4 Å². The summed E-state index contributed by atoms with van der Waals surface area (Å²) in [5.74, 6) is 12.2. The Morgan fingerprint density at radius 2 is 0.753 bits per heavy atom. The quantitative estimate of drug-likeness (QED) is 0.0418. The number of rotatable bonds is 13. The van der Waals surface area contributed by atoms with Crippen LogP contribution in [0.15, 0.2) is 171 Å². The Morgan fingerprint density at radius 1 is 0.453 bits per heavy atom. The van der Waals surface area contributed by atoms with Gasteiger partial charge in [-0.05, 0) is 144 Å². The van der Waals surface area contributed by atoms with Gasteiger partial charge < -0.3 is 93.2 Å². The van der Waals surface area contributed by atoms with E-state index in [4.69, 9.17) is 49.3 Å². The highest BCUT2D eigenvalue weighted by atomic mass is 32.2. The maximum Gasteiger partial charge on any atom is 0.276 e. The number of carbonyl (C=O) groups excluding carboxylic acids is 5. The van der Waals surface area contributed by atoms with Crippen LogP contribution in [0.2, 0.25) is 0 Å². The number of hydrogen-bond acceptors (Lipinski definition) is 29. The molecule has 5 atom stereocenters. The Kier molecular flexibility index (Phi) is 34.2. The number of carbonyl (C=O) groups is 5. The number of aliphatic hydroxyl groups is 3. The molecule has 0 aliphatic carbocycles. The SMILES string of the molecule is C=CC1(C)COc2c(cn(C)c2C(=O)Nc2ccc(C)c(C#N)c2)S(=O)(=O)N1.Cc1ccc(NC(=O)c2c3c(cn2C)S(=O)(=O)NC(C#CC(C)(C)O)CO3)cc1C#N.Cc1ccc(NC(=O)c2c3c(cn2C)S(=O)(=O)NC(C#CCO)CO3)cc1C#N.Cc1ccc(NC(=O)c2c3c(cn2C)S(=O)(=O)NC(C=C(F)F)CO3)cc1C#N.Cc1ccc(NC(=O)c2c3c(cn2C)S(=O)(=O)NC(CC#CC2(O)COC2)CO3)cc1C#N. The van der Waals surface area contributed by atoms with Crippen molar-refractivity contribution < 1.29 is 119 Å². The Bertz CT molecular complexity index is 8270. The van der Waals surface area contributed by atoms with Crippen molar-refractivity contribution in [1.29, 1.82) is 26.3 Å². The highest BCUT2D eigenvalue weighted by Crippen LogP contribution is 2.41. The van der Waals surface area contributed by atoms with Gasteiger partial charge in [-0.2, -0.15) is 49.3 Å². The minimum atomic E-state index is -4.19. The zero-order valence-electron chi connectivity index (χ0n) is 82.3. The lowest BCUT2D eigenvalue weighted by atomic mass is 10.0. The van der Waals surface area contributed by atoms with Gasteiger partial charge in [0.25, 0.3) is 35.6 Å². The van der Waals surface area contributed by atoms with Crippen LogP contribution >= 0.6 is 0 Å². The number of hydrogen-bond donors (Lipinski definition) is 13. The molecule has 0 spiro atoms. The van der Waals surface area contributed by atoms with Crippen LogP contribution in [0.3, 0.4) is 0 Å². The molecule has 5 aromatic heterocycles. The molecule has 5 aromatic carbocycles. The predicted octanol–water partition coefficient (Wildman–Crippen LogP) is 6.77. The van der Waals surface area contributed by atoms with Gasteiger partial charge in [0.2, 0.25) is 50.1 Å². The number of amides is 5. The summed E-state index contributed by atoms with van der Waals surface area (Å²) in [6, 6.07) is 30.9. The van der Waals surface area contributed by atoms with Gasteiger partial charge in [-0.15, -0.1) is 6.58 Å². The van der Waals surface area contributed by atoms with Crippen LogP contribution in [0, 0.1) is 127 Å². The van der Waals surface area contributed by atoms with E-state index in [-0.39, 0.29) is 128 Å². The molecular formula is C99H98F2N20O24S5. The van der Waals surface area contributed by atoms with E-state index in [0.717, 1.165) is 27.8 Å². The number of anilines is 5. The number of nitrogens with one attached hydrogen (secondary N) is 10. The first-order valence-corrected chi connectivity index (χ1v) is 52.1. The molecule has 150 heavy (non-hydrogen) atoms. The third-order valence-corrected chi connectivity index (χ3v) is 30.4. The van der Waals surface area contributed by atoms with Crippen molar-refractivity contribution in [2.45, 2.75) is 127 Å². The second kappa shape index (κ2) is 45.6. The molecule has 51 heteroatoms. The number of aliphatic hydroxyl groups excluding tert-OH is 1. The molecule has 6 aliphatic rings. The Morgan fingerprint density at radius 3 is 1.05 bits per heavy atom. The van der Waals surface area contributed by atoms with E-state index in [0.29, 0.717) is 62.3 Å². The summed E-state index contributed by atoms with van der Waals surface area (Å²) in [4.78, 5) is 63.5. The molecule has 13 N–H and O–H groups in total. The highest BCUT2D eigenvalue weighted by Gasteiger charge is 2.43.